The SMILES string of the molecule is CCC(Br)C(=O)NC(c1ccccc1)c1cccs1. The molecule has 0 radical (unpaired) electrons. The van der Waals surface area contributed by atoms with Gasteiger partial charge < -0.3 is 5.32 Å². The molecule has 2 aromatic rings. The molecule has 2 rings (SSSR count). The Hall–Kier alpha value is -1.13. The number of alkyl halides is 1. The summed E-state index contributed by atoms with van der Waals surface area (Å²) in [4.78, 5) is 13.1. The summed E-state index contributed by atoms with van der Waals surface area (Å²) >= 11 is 5.06. The predicted molar refractivity (Wildman–Crippen MR) is 83.8 cm³/mol. The largest absolute Gasteiger partial charge is 0.343 e. The number of thiophene rings is 1. The molecule has 0 aliphatic carbocycles. The van der Waals surface area contributed by atoms with Crippen molar-refractivity contribution >= 4 is 33.2 Å². The molecule has 19 heavy (non-hydrogen) atoms. The van der Waals surface area contributed by atoms with Crippen molar-refractivity contribution in [2.75, 3.05) is 0 Å². The van der Waals surface area contributed by atoms with E-state index < -0.39 is 0 Å². The van der Waals surface area contributed by atoms with Gasteiger partial charge in [-0.3, -0.25) is 4.79 Å². The molecule has 2 atom stereocenters. The summed E-state index contributed by atoms with van der Waals surface area (Å²) in [5, 5.41) is 5.14. The zero-order valence-electron chi connectivity index (χ0n) is 10.7. The first-order valence-electron chi connectivity index (χ1n) is 6.25. The fraction of sp³-hybridized carbons (Fsp3) is 0.267. The van der Waals surface area contributed by atoms with Crippen LogP contribution in [0.25, 0.3) is 0 Å². The smallest absolute Gasteiger partial charge is 0.234 e. The number of amides is 1. The van der Waals surface area contributed by atoms with Crippen LogP contribution in [-0.2, 0) is 4.79 Å². The zero-order chi connectivity index (χ0) is 13.7. The van der Waals surface area contributed by atoms with Crippen LogP contribution in [0.3, 0.4) is 0 Å². The maximum Gasteiger partial charge on any atom is 0.234 e. The Morgan fingerprint density at radius 3 is 2.58 bits per heavy atom. The summed E-state index contributed by atoms with van der Waals surface area (Å²) in [6.45, 7) is 1.99. The summed E-state index contributed by atoms with van der Waals surface area (Å²) in [6.07, 6.45) is 0.776. The van der Waals surface area contributed by atoms with Gasteiger partial charge in [-0.15, -0.1) is 11.3 Å². The minimum atomic E-state index is -0.140. The second-order valence-electron chi connectivity index (χ2n) is 4.24. The molecule has 0 aliphatic rings. The molecule has 0 aliphatic heterocycles. The Bertz CT molecular complexity index is 512. The second kappa shape index (κ2) is 6.87. The lowest BCUT2D eigenvalue weighted by atomic mass is 10.1. The van der Waals surface area contributed by atoms with Gasteiger partial charge in [0.15, 0.2) is 0 Å². The number of halogens is 1. The summed E-state index contributed by atoms with van der Waals surface area (Å²) < 4.78 is 0. The molecule has 0 saturated carbocycles. The molecule has 1 aromatic heterocycles. The van der Waals surface area contributed by atoms with Crippen LogP contribution in [0.4, 0.5) is 0 Å². The third-order valence-electron chi connectivity index (χ3n) is 2.89. The van der Waals surface area contributed by atoms with Crippen molar-refractivity contribution in [1.29, 1.82) is 0 Å². The lowest BCUT2D eigenvalue weighted by Gasteiger charge is -2.19. The highest BCUT2D eigenvalue weighted by Crippen LogP contribution is 2.26. The van der Waals surface area contributed by atoms with E-state index in [0.29, 0.717) is 0 Å². The van der Waals surface area contributed by atoms with Crippen LogP contribution in [0.5, 0.6) is 0 Å². The molecule has 2 nitrogen and oxygen atoms in total. The summed E-state index contributed by atoms with van der Waals surface area (Å²) in [6, 6.07) is 14.0. The minimum Gasteiger partial charge on any atom is -0.343 e. The first-order valence-corrected chi connectivity index (χ1v) is 8.04. The van der Waals surface area contributed by atoms with Crippen molar-refractivity contribution in [3.63, 3.8) is 0 Å². The molecule has 0 spiro atoms. The Kier molecular flexibility index (Phi) is 5.16. The van der Waals surface area contributed by atoms with Crippen molar-refractivity contribution in [2.45, 2.75) is 24.2 Å². The molecule has 1 heterocycles. The van der Waals surface area contributed by atoms with Crippen LogP contribution >= 0.6 is 27.3 Å². The molecular weight excluding hydrogens is 322 g/mol. The van der Waals surface area contributed by atoms with Crippen molar-refractivity contribution in [3.05, 3.63) is 58.3 Å². The van der Waals surface area contributed by atoms with Crippen LogP contribution < -0.4 is 5.32 Å². The van der Waals surface area contributed by atoms with E-state index >= 15 is 0 Å². The van der Waals surface area contributed by atoms with E-state index in [9.17, 15) is 4.79 Å². The van der Waals surface area contributed by atoms with Crippen molar-refractivity contribution in [1.82, 2.24) is 5.32 Å². The maximum atomic E-state index is 12.1. The fourth-order valence-electron chi connectivity index (χ4n) is 1.84. The minimum absolute atomic E-state index is 0.0322. The summed E-state index contributed by atoms with van der Waals surface area (Å²) in [5.74, 6) is 0.0322. The van der Waals surface area contributed by atoms with Gasteiger partial charge in [0.2, 0.25) is 5.91 Å². The monoisotopic (exact) mass is 337 g/mol. The van der Waals surface area contributed by atoms with Crippen molar-refractivity contribution in [3.8, 4) is 0 Å². The molecule has 4 heteroatoms. The number of benzene rings is 1. The molecule has 0 fully saturated rings. The molecule has 0 bridgehead atoms. The highest BCUT2D eigenvalue weighted by Gasteiger charge is 2.20. The van der Waals surface area contributed by atoms with E-state index in [4.69, 9.17) is 0 Å². The number of rotatable bonds is 5. The zero-order valence-corrected chi connectivity index (χ0v) is 13.1. The van der Waals surface area contributed by atoms with Crippen LogP contribution in [0, 0.1) is 0 Å². The van der Waals surface area contributed by atoms with E-state index in [1.54, 1.807) is 11.3 Å². The fourth-order valence-corrected chi connectivity index (χ4v) is 2.77. The highest BCUT2D eigenvalue weighted by atomic mass is 79.9. The van der Waals surface area contributed by atoms with E-state index in [2.05, 4.69) is 27.3 Å². The molecular formula is C15H16BrNOS. The Morgan fingerprint density at radius 1 is 1.26 bits per heavy atom. The second-order valence-corrected chi connectivity index (χ2v) is 6.33. The number of carbonyl (C=O) groups excluding carboxylic acids is 1. The van der Waals surface area contributed by atoms with Gasteiger partial charge in [-0.25, -0.2) is 0 Å². The lowest BCUT2D eigenvalue weighted by Crippen LogP contribution is -2.34. The lowest BCUT2D eigenvalue weighted by molar-refractivity contribution is -0.120. The molecule has 0 saturated heterocycles. The average Bonchev–Trinajstić information content (AvgIpc) is 2.98. The van der Waals surface area contributed by atoms with Gasteiger partial charge in [-0.05, 0) is 23.4 Å². The van der Waals surface area contributed by atoms with Gasteiger partial charge >= 0.3 is 0 Å². The molecule has 1 aromatic carbocycles. The summed E-state index contributed by atoms with van der Waals surface area (Å²) in [5.41, 5.74) is 1.11. The Morgan fingerprint density at radius 2 is 2.00 bits per heavy atom. The van der Waals surface area contributed by atoms with Crippen molar-refractivity contribution in [2.24, 2.45) is 0 Å². The number of hydrogen-bond donors (Lipinski definition) is 1. The van der Waals surface area contributed by atoms with Gasteiger partial charge in [-0.2, -0.15) is 0 Å². The third kappa shape index (κ3) is 3.67. The molecule has 100 valence electrons. The first kappa shape index (κ1) is 14.3. The van der Waals surface area contributed by atoms with Gasteiger partial charge in [-0.1, -0.05) is 59.3 Å². The maximum absolute atomic E-state index is 12.1. The number of hydrogen-bond acceptors (Lipinski definition) is 2. The van der Waals surface area contributed by atoms with Gasteiger partial charge in [0.1, 0.15) is 0 Å². The topological polar surface area (TPSA) is 29.1 Å². The van der Waals surface area contributed by atoms with E-state index in [-0.39, 0.29) is 16.8 Å². The van der Waals surface area contributed by atoms with Crippen LogP contribution in [0.1, 0.15) is 29.8 Å². The Labute approximate surface area is 126 Å². The predicted octanol–water partition coefficient (Wildman–Crippen LogP) is 4.13. The third-order valence-corrected chi connectivity index (χ3v) is 4.89. The van der Waals surface area contributed by atoms with Gasteiger partial charge in [0, 0.05) is 4.88 Å². The first-order chi connectivity index (χ1) is 9.22. The Balaban J connectivity index is 2.24. The number of nitrogens with one attached hydrogen (secondary N) is 1. The standard InChI is InChI=1S/C15H16BrNOS/c1-2-12(16)15(18)17-14(13-9-6-10-19-13)11-7-4-3-5-8-11/h3-10,12,14H,2H2,1H3,(H,17,18). The van der Waals surface area contributed by atoms with Crippen molar-refractivity contribution < 1.29 is 4.79 Å². The van der Waals surface area contributed by atoms with Crippen LogP contribution in [-0.4, -0.2) is 10.7 Å². The quantitative estimate of drug-likeness (QED) is 0.816. The van der Waals surface area contributed by atoms with E-state index in [1.807, 2.05) is 48.7 Å². The van der Waals surface area contributed by atoms with Crippen LogP contribution in [0.2, 0.25) is 0 Å². The highest BCUT2D eigenvalue weighted by molar-refractivity contribution is 9.10. The number of carbonyl (C=O) groups is 1. The molecule has 1 N–H and O–H groups in total. The summed E-state index contributed by atoms with van der Waals surface area (Å²) in [7, 11) is 0. The van der Waals surface area contributed by atoms with Gasteiger partial charge in [0.05, 0.1) is 10.9 Å². The van der Waals surface area contributed by atoms with E-state index in [1.165, 1.54) is 0 Å². The van der Waals surface area contributed by atoms with E-state index in [0.717, 1.165) is 16.9 Å². The average molecular weight is 338 g/mol. The molecule has 2 unspecified atom stereocenters. The normalized spacial score (nSPS) is 13.8. The van der Waals surface area contributed by atoms with Crippen LogP contribution in [0.15, 0.2) is 47.8 Å². The van der Waals surface area contributed by atoms with Gasteiger partial charge in [0.25, 0.3) is 0 Å². The molecule has 1 amide bonds.